The standard InChI is InChI=1S/C13H26/c1-4-5-6-7-8-9-10-11-12-13(2)3/h4,13H,1,5-12H2,2-3H3. The summed E-state index contributed by atoms with van der Waals surface area (Å²) in [6.07, 6.45) is 13.1. The van der Waals surface area contributed by atoms with Crippen molar-refractivity contribution in [3.8, 4) is 0 Å². The summed E-state index contributed by atoms with van der Waals surface area (Å²) in [5.74, 6) is 0.890. The molecule has 0 heterocycles. The van der Waals surface area contributed by atoms with E-state index in [1.54, 1.807) is 0 Å². The normalized spacial score (nSPS) is 10.7. The van der Waals surface area contributed by atoms with E-state index in [2.05, 4.69) is 20.4 Å². The van der Waals surface area contributed by atoms with Gasteiger partial charge in [-0.2, -0.15) is 0 Å². The Hall–Kier alpha value is -0.260. The average molecular weight is 182 g/mol. The van der Waals surface area contributed by atoms with E-state index in [4.69, 9.17) is 0 Å². The number of hydrogen-bond donors (Lipinski definition) is 0. The zero-order valence-electron chi connectivity index (χ0n) is 9.52. The molecular formula is C13H26. The molecule has 0 bridgehead atoms. The van der Waals surface area contributed by atoms with Crippen molar-refractivity contribution in [1.29, 1.82) is 0 Å². The Morgan fingerprint density at radius 3 is 2.00 bits per heavy atom. The third-order valence-corrected chi connectivity index (χ3v) is 2.44. The van der Waals surface area contributed by atoms with E-state index < -0.39 is 0 Å². The summed E-state index contributed by atoms with van der Waals surface area (Å²) >= 11 is 0. The summed E-state index contributed by atoms with van der Waals surface area (Å²) in [5, 5.41) is 0. The molecule has 0 aliphatic rings. The van der Waals surface area contributed by atoms with Crippen LogP contribution in [0.1, 0.15) is 65.2 Å². The van der Waals surface area contributed by atoms with Gasteiger partial charge >= 0.3 is 0 Å². The first-order chi connectivity index (χ1) is 6.27. The van der Waals surface area contributed by atoms with Gasteiger partial charge in [0, 0.05) is 0 Å². The summed E-state index contributed by atoms with van der Waals surface area (Å²) < 4.78 is 0. The molecule has 0 aliphatic carbocycles. The van der Waals surface area contributed by atoms with Crippen molar-refractivity contribution in [3.63, 3.8) is 0 Å². The van der Waals surface area contributed by atoms with Gasteiger partial charge in [-0.05, 0) is 18.8 Å². The van der Waals surface area contributed by atoms with Gasteiger partial charge in [-0.3, -0.25) is 0 Å². The number of unbranched alkanes of at least 4 members (excludes halogenated alkanes) is 6. The third-order valence-electron chi connectivity index (χ3n) is 2.44. The summed E-state index contributed by atoms with van der Waals surface area (Å²) in [7, 11) is 0. The van der Waals surface area contributed by atoms with Crippen molar-refractivity contribution in [2.24, 2.45) is 5.92 Å². The first-order valence-corrected chi connectivity index (χ1v) is 5.88. The fraction of sp³-hybridized carbons (Fsp3) is 0.846. The van der Waals surface area contributed by atoms with Gasteiger partial charge < -0.3 is 0 Å². The van der Waals surface area contributed by atoms with Crippen molar-refractivity contribution in [2.75, 3.05) is 0 Å². The molecule has 0 nitrogen and oxygen atoms in total. The van der Waals surface area contributed by atoms with E-state index in [0.29, 0.717) is 0 Å². The van der Waals surface area contributed by atoms with Crippen molar-refractivity contribution in [2.45, 2.75) is 65.2 Å². The Morgan fingerprint density at radius 2 is 1.46 bits per heavy atom. The molecule has 0 heteroatoms. The van der Waals surface area contributed by atoms with Crippen LogP contribution in [0, 0.1) is 5.92 Å². The Labute approximate surface area is 84.4 Å². The number of hydrogen-bond acceptors (Lipinski definition) is 0. The maximum Gasteiger partial charge on any atom is -0.0353 e. The molecule has 0 radical (unpaired) electrons. The van der Waals surface area contributed by atoms with Gasteiger partial charge in [0.15, 0.2) is 0 Å². The molecule has 0 aliphatic heterocycles. The lowest BCUT2D eigenvalue weighted by Gasteiger charge is -2.03. The maximum atomic E-state index is 3.73. The van der Waals surface area contributed by atoms with E-state index in [1.807, 2.05) is 6.08 Å². The molecule has 0 saturated heterocycles. The molecule has 0 aromatic carbocycles. The zero-order valence-corrected chi connectivity index (χ0v) is 9.52. The predicted octanol–water partition coefficient (Wildman–Crippen LogP) is 4.95. The first kappa shape index (κ1) is 12.7. The van der Waals surface area contributed by atoms with Crippen LogP contribution in [0.3, 0.4) is 0 Å². The quantitative estimate of drug-likeness (QED) is 0.349. The monoisotopic (exact) mass is 182 g/mol. The average Bonchev–Trinajstić information content (AvgIpc) is 2.09. The Balaban J connectivity index is 2.87. The first-order valence-electron chi connectivity index (χ1n) is 5.88. The SMILES string of the molecule is C=CCCCCCCCCC(C)C. The lowest BCUT2D eigenvalue weighted by molar-refractivity contribution is 0.512. The molecular weight excluding hydrogens is 156 g/mol. The fourth-order valence-electron chi connectivity index (χ4n) is 1.55. The van der Waals surface area contributed by atoms with Gasteiger partial charge in [0.2, 0.25) is 0 Å². The van der Waals surface area contributed by atoms with Crippen molar-refractivity contribution in [1.82, 2.24) is 0 Å². The third kappa shape index (κ3) is 11.7. The van der Waals surface area contributed by atoms with E-state index >= 15 is 0 Å². The van der Waals surface area contributed by atoms with Crippen LogP contribution in [0.5, 0.6) is 0 Å². The van der Waals surface area contributed by atoms with Crippen LogP contribution in [0.4, 0.5) is 0 Å². The lowest BCUT2D eigenvalue weighted by atomic mass is 10.0. The van der Waals surface area contributed by atoms with Crippen LogP contribution >= 0.6 is 0 Å². The highest BCUT2D eigenvalue weighted by atomic mass is 14.0. The van der Waals surface area contributed by atoms with E-state index in [9.17, 15) is 0 Å². The molecule has 0 saturated carbocycles. The molecule has 0 amide bonds. The van der Waals surface area contributed by atoms with Crippen LogP contribution < -0.4 is 0 Å². The number of allylic oxidation sites excluding steroid dienone is 1. The predicted molar refractivity (Wildman–Crippen MR) is 62.0 cm³/mol. The molecule has 0 unspecified atom stereocenters. The molecule has 13 heavy (non-hydrogen) atoms. The molecule has 0 rings (SSSR count). The van der Waals surface area contributed by atoms with Crippen LogP contribution in [-0.2, 0) is 0 Å². The summed E-state index contributed by atoms with van der Waals surface area (Å²) in [6, 6.07) is 0. The molecule has 0 spiro atoms. The molecule has 0 N–H and O–H groups in total. The van der Waals surface area contributed by atoms with Crippen LogP contribution in [0.2, 0.25) is 0 Å². The summed E-state index contributed by atoms with van der Waals surface area (Å²) in [5.41, 5.74) is 0. The second kappa shape index (κ2) is 9.83. The van der Waals surface area contributed by atoms with Gasteiger partial charge in [0.1, 0.15) is 0 Å². The molecule has 78 valence electrons. The highest BCUT2D eigenvalue weighted by Gasteiger charge is 1.94. The minimum atomic E-state index is 0.890. The highest BCUT2D eigenvalue weighted by molar-refractivity contribution is 4.65. The lowest BCUT2D eigenvalue weighted by Crippen LogP contribution is -1.87. The van der Waals surface area contributed by atoms with Crippen molar-refractivity contribution < 1.29 is 0 Å². The zero-order chi connectivity index (χ0) is 9.94. The van der Waals surface area contributed by atoms with E-state index in [1.165, 1.54) is 51.4 Å². The minimum absolute atomic E-state index is 0.890. The van der Waals surface area contributed by atoms with Crippen molar-refractivity contribution in [3.05, 3.63) is 12.7 Å². The second-order valence-corrected chi connectivity index (χ2v) is 4.38. The number of rotatable bonds is 9. The summed E-state index contributed by atoms with van der Waals surface area (Å²) in [6.45, 7) is 8.35. The van der Waals surface area contributed by atoms with E-state index in [-0.39, 0.29) is 0 Å². The van der Waals surface area contributed by atoms with Gasteiger partial charge in [-0.25, -0.2) is 0 Å². The molecule has 0 aromatic heterocycles. The van der Waals surface area contributed by atoms with E-state index in [0.717, 1.165) is 5.92 Å². The Morgan fingerprint density at radius 1 is 0.923 bits per heavy atom. The Kier molecular flexibility index (Phi) is 9.63. The van der Waals surface area contributed by atoms with Crippen LogP contribution in [0.25, 0.3) is 0 Å². The largest absolute Gasteiger partial charge is 0.103 e. The minimum Gasteiger partial charge on any atom is -0.103 e. The van der Waals surface area contributed by atoms with Crippen molar-refractivity contribution >= 4 is 0 Å². The van der Waals surface area contributed by atoms with Gasteiger partial charge in [-0.1, -0.05) is 58.4 Å². The molecule has 0 atom stereocenters. The maximum absolute atomic E-state index is 3.73. The molecule has 0 fully saturated rings. The van der Waals surface area contributed by atoms with Gasteiger partial charge in [-0.15, -0.1) is 6.58 Å². The summed E-state index contributed by atoms with van der Waals surface area (Å²) in [4.78, 5) is 0. The van der Waals surface area contributed by atoms with Gasteiger partial charge in [0.25, 0.3) is 0 Å². The van der Waals surface area contributed by atoms with Crippen LogP contribution in [0.15, 0.2) is 12.7 Å². The highest BCUT2D eigenvalue weighted by Crippen LogP contribution is 2.11. The smallest absolute Gasteiger partial charge is 0.0353 e. The molecule has 0 aromatic rings. The van der Waals surface area contributed by atoms with Gasteiger partial charge in [0.05, 0.1) is 0 Å². The second-order valence-electron chi connectivity index (χ2n) is 4.38. The topological polar surface area (TPSA) is 0 Å². The fourth-order valence-corrected chi connectivity index (χ4v) is 1.55. The van der Waals surface area contributed by atoms with Crippen LogP contribution in [-0.4, -0.2) is 0 Å². The Bertz CT molecular complexity index is 103.